The number of likely N-dealkylation sites (tertiary alicyclic amines) is 1. The largest absolute Gasteiger partial charge is 0.508 e. The summed E-state index contributed by atoms with van der Waals surface area (Å²) in [6, 6.07) is 13.6. The lowest BCUT2D eigenvalue weighted by atomic mass is 9.99. The monoisotopic (exact) mass is 400 g/mol. The Morgan fingerprint density at radius 1 is 1.18 bits per heavy atom. The van der Waals surface area contributed by atoms with Crippen LogP contribution in [0, 0.1) is 12.8 Å². The van der Waals surface area contributed by atoms with Crippen LogP contribution in [0.15, 0.2) is 42.5 Å². The van der Waals surface area contributed by atoms with E-state index in [2.05, 4.69) is 24.0 Å². The fourth-order valence-corrected chi connectivity index (χ4v) is 3.95. The molecule has 0 radical (unpaired) electrons. The molecule has 0 saturated carbocycles. The predicted octanol–water partition coefficient (Wildman–Crippen LogP) is 5.01. The summed E-state index contributed by atoms with van der Waals surface area (Å²) in [7, 11) is 0. The molecular formula is C23H29ClN2O2. The van der Waals surface area contributed by atoms with Crippen molar-refractivity contribution in [1.82, 2.24) is 4.90 Å². The fourth-order valence-electron chi connectivity index (χ4n) is 3.76. The van der Waals surface area contributed by atoms with Crippen LogP contribution in [-0.2, 0) is 11.3 Å². The molecular weight excluding hydrogens is 372 g/mol. The van der Waals surface area contributed by atoms with Gasteiger partial charge >= 0.3 is 0 Å². The Bertz CT molecular complexity index is 812. The van der Waals surface area contributed by atoms with Gasteiger partial charge in [0.2, 0.25) is 5.91 Å². The molecule has 150 valence electrons. The van der Waals surface area contributed by atoms with E-state index in [9.17, 15) is 9.90 Å². The van der Waals surface area contributed by atoms with E-state index in [-0.39, 0.29) is 23.6 Å². The minimum absolute atomic E-state index is 0.0391. The number of anilines is 1. The third-order valence-electron chi connectivity index (χ3n) is 5.40. The highest BCUT2D eigenvalue weighted by Gasteiger charge is 2.30. The summed E-state index contributed by atoms with van der Waals surface area (Å²) in [6.07, 6.45) is 1.82. The van der Waals surface area contributed by atoms with Crippen LogP contribution in [0.2, 0.25) is 5.02 Å². The van der Waals surface area contributed by atoms with Crippen molar-refractivity contribution in [3.8, 4) is 5.75 Å². The first-order valence-corrected chi connectivity index (χ1v) is 10.3. The number of hydrogen-bond acceptors (Lipinski definition) is 3. The van der Waals surface area contributed by atoms with Crippen molar-refractivity contribution in [3.05, 3.63) is 58.6 Å². The Kier molecular flexibility index (Phi) is 6.63. The summed E-state index contributed by atoms with van der Waals surface area (Å²) in [6.45, 7) is 8.40. The van der Waals surface area contributed by atoms with Gasteiger partial charge in [-0.05, 0) is 50.1 Å². The summed E-state index contributed by atoms with van der Waals surface area (Å²) in [5.74, 6) is 0.417. The minimum atomic E-state index is -0.0391. The van der Waals surface area contributed by atoms with Crippen molar-refractivity contribution >= 4 is 23.2 Å². The SMILES string of the molecule is Cc1ccc(N(C(=O)C(C)C)C2CCN(Cc3cc(Cl)ccc3O)CC2)cc1. The molecule has 1 saturated heterocycles. The molecule has 0 aliphatic carbocycles. The van der Waals surface area contributed by atoms with Crippen LogP contribution in [0.5, 0.6) is 5.75 Å². The molecule has 0 atom stereocenters. The molecule has 2 aromatic carbocycles. The summed E-state index contributed by atoms with van der Waals surface area (Å²) < 4.78 is 0. The minimum Gasteiger partial charge on any atom is -0.508 e. The first kappa shape index (κ1) is 20.7. The zero-order valence-electron chi connectivity index (χ0n) is 16.9. The molecule has 1 aliphatic heterocycles. The number of rotatable bonds is 5. The predicted molar refractivity (Wildman–Crippen MR) is 115 cm³/mol. The molecule has 0 aromatic heterocycles. The lowest BCUT2D eigenvalue weighted by Gasteiger charge is -2.39. The number of phenols is 1. The van der Waals surface area contributed by atoms with Crippen LogP contribution in [0.1, 0.15) is 37.8 Å². The van der Waals surface area contributed by atoms with Gasteiger partial charge in [0.25, 0.3) is 0 Å². The van der Waals surface area contributed by atoms with Gasteiger partial charge in [-0.3, -0.25) is 9.69 Å². The van der Waals surface area contributed by atoms with Gasteiger partial charge in [0.05, 0.1) is 0 Å². The second kappa shape index (κ2) is 8.97. The van der Waals surface area contributed by atoms with Crippen LogP contribution < -0.4 is 4.90 Å². The summed E-state index contributed by atoms with van der Waals surface area (Å²) in [5.41, 5.74) is 3.02. The number of carbonyl (C=O) groups is 1. The number of hydrogen-bond donors (Lipinski definition) is 1. The van der Waals surface area contributed by atoms with Crippen LogP contribution in [0.4, 0.5) is 5.69 Å². The van der Waals surface area contributed by atoms with Crippen molar-refractivity contribution in [3.63, 3.8) is 0 Å². The number of phenolic OH excluding ortho intramolecular Hbond substituents is 1. The zero-order valence-corrected chi connectivity index (χ0v) is 17.6. The molecule has 0 unspecified atom stereocenters. The highest BCUT2D eigenvalue weighted by atomic mass is 35.5. The van der Waals surface area contributed by atoms with Gasteiger partial charge in [0.15, 0.2) is 0 Å². The van der Waals surface area contributed by atoms with E-state index < -0.39 is 0 Å². The Morgan fingerprint density at radius 3 is 2.43 bits per heavy atom. The van der Waals surface area contributed by atoms with Crippen molar-refractivity contribution in [1.29, 1.82) is 0 Å². The third-order valence-corrected chi connectivity index (χ3v) is 5.64. The molecule has 1 amide bonds. The van der Waals surface area contributed by atoms with Crippen molar-refractivity contribution in [2.24, 2.45) is 5.92 Å². The number of halogens is 1. The highest BCUT2D eigenvalue weighted by molar-refractivity contribution is 6.30. The topological polar surface area (TPSA) is 43.8 Å². The summed E-state index contributed by atoms with van der Waals surface area (Å²) in [4.78, 5) is 17.3. The maximum atomic E-state index is 12.9. The van der Waals surface area contributed by atoms with Gasteiger partial charge in [-0.1, -0.05) is 43.1 Å². The van der Waals surface area contributed by atoms with E-state index in [0.717, 1.165) is 37.2 Å². The zero-order chi connectivity index (χ0) is 20.3. The molecule has 28 heavy (non-hydrogen) atoms. The van der Waals surface area contributed by atoms with Gasteiger partial charge in [-0.25, -0.2) is 0 Å². The number of carbonyl (C=O) groups excluding carboxylic acids is 1. The first-order valence-electron chi connectivity index (χ1n) is 9.94. The molecule has 1 N–H and O–H groups in total. The average molecular weight is 401 g/mol. The Labute approximate surface area is 172 Å². The van der Waals surface area contributed by atoms with Crippen LogP contribution in [-0.4, -0.2) is 35.0 Å². The normalized spacial score (nSPS) is 15.8. The lowest BCUT2D eigenvalue weighted by molar-refractivity contribution is -0.122. The number of benzene rings is 2. The third kappa shape index (κ3) is 4.86. The second-order valence-corrected chi connectivity index (χ2v) is 8.42. The molecule has 4 nitrogen and oxygen atoms in total. The van der Waals surface area contributed by atoms with E-state index in [1.165, 1.54) is 5.56 Å². The van der Waals surface area contributed by atoms with Crippen LogP contribution >= 0.6 is 11.6 Å². The smallest absolute Gasteiger partial charge is 0.229 e. The molecule has 1 fully saturated rings. The first-order chi connectivity index (χ1) is 13.3. The Balaban J connectivity index is 1.70. The molecule has 1 aliphatic rings. The number of aromatic hydroxyl groups is 1. The van der Waals surface area contributed by atoms with Gasteiger partial charge in [-0.15, -0.1) is 0 Å². The maximum Gasteiger partial charge on any atom is 0.229 e. The van der Waals surface area contributed by atoms with Crippen molar-refractivity contribution in [2.75, 3.05) is 18.0 Å². The summed E-state index contributed by atoms with van der Waals surface area (Å²) in [5, 5.41) is 10.7. The number of piperidine rings is 1. The number of amides is 1. The molecule has 2 aromatic rings. The van der Waals surface area contributed by atoms with Gasteiger partial charge in [0.1, 0.15) is 5.75 Å². The molecule has 5 heteroatoms. The molecule has 0 bridgehead atoms. The second-order valence-electron chi connectivity index (χ2n) is 7.98. The fraction of sp³-hybridized carbons (Fsp3) is 0.435. The Hall–Kier alpha value is -2.04. The quantitative estimate of drug-likeness (QED) is 0.767. The van der Waals surface area contributed by atoms with Crippen LogP contribution in [0.3, 0.4) is 0 Å². The van der Waals surface area contributed by atoms with E-state index in [1.54, 1.807) is 12.1 Å². The van der Waals surface area contributed by atoms with Gasteiger partial charge in [0, 0.05) is 47.9 Å². The highest BCUT2D eigenvalue weighted by Crippen LogP contribution is 2.28. The van der Waals surface area contributed by atoms with Gasteiger partial charge < -0.3 is 10.0 Å². The van der Waals surface area contributed by atoms with Crippen molar-refractivity contribution < 1.29 is 9.90 Å². The van der Waals surface area contributed by atoms with Crippen molar-refractivity contribution in [2.45, 2.75) is 46.2 Å². The molecule has 1 heterocycles. The van der Waals surface area contributed by atoms with E-state index >= 15 is 0 Å². The number of aryl methyl sites for hydroxylation is 1. The number of nitrogens with zero attached hydrogens (tertiary/aromatic N) is 2. The van der Waals surface area contributed by atoms with Crippen LogP contribution in [0.25, 0.3) is 0 Å². The van der Waals surface area contributed by atoms with E-state index in [4.69, 9.17) is 11.6 Å². The lowest BCUT2D eigenvalue weighted by Crippen LogP contribution is -2.48. The molecule has 3 rings (SSSR count). The Morgan fingerprint density at radius 2 is 1.82 bits per heavy atom. The molecule has 0 spiro atoms. The van der Waals surface area contributed by atoms with E-state index in [0.29, 0.717) is 11.6 Å². The van der Waals surface area contributed by atoms with E-state index in [1.807, 2.05) is 36.9 Å². The maximum absolute atomic E-state index is 12.9. The summed E-state index contributed by atoms with van der Waals surface area (Å²) >= 11 is 6.07. The average Bonchev–Trinajstić information content (AvgIpc) is 2.67. The standard InChI is InChI=1S/C23H29ClN2O2/c1-16(2)23(28)26(20-7-4-17(3)5-8-20)21-10-12-25(13-11-21)15-18-14-19(24)6-9-22(18)27/h4-9,14,16,21,27H,10-13,15H2,1-3H3. The van der Waals surface area contributed by atoms with Gasteiger partial charge in [-0.2, -0.15) is 0 Å².